The molecule has 0 aromatic heterocycles. The first-order valence-electron chi connectivity index (χ1n) is 12.0. The standard InChI is InChI=1S/C24H32O3S/c1-9-12-6-17(24(9)27-28(2,25)26)23-16-8-15(20(12)23)21-13-7-14(22(16)21)19-11-4-3-10(5-11)18(13)19/h3-4,9-24H,5-8H2,1-2H3. The molecule has 8 rings (SSSR count). The second-order valence-electron chi connectivity index (χ2n) is 12.2. The van der Waals surface area contributed by atoms with Crippen molar-refractivity contribution in [3.8, 4) is 0 Å². The first kappa shape index (κ1) is 16.4. The molecule has 8 aliphatic rings. The van der Waals surface area contributed by atoms with Crippen molar-refractivity contribution in [3.05, 3.63) is 12.2 Å². The summed E-state index contributed by atoms with van der Waals surface area (Å²) in [5.74, 6) is 13.2. The van der Waals surface area contributed by atoms with E-state index in [9.17, 15) is 8.42 Å². The monoisotopic (exact) mass is 400 g/mol. The second kappa shape index (κ2) is 4.77. The topological polar surface area (TPSA) is 43.4 Å². The van der Waals surface area contributed by atoms with Crippen LogP contribution in [0.15, 0.2) is 12.2 Å². The van der Waals surface area contributed by atoms with Gasteiger partial charge in [-0.15, -0.1) is 0 Å². The van der Waals surface area contributed by atoms with Crippen molar-refractivity contribution in [1.29, 1.82) is 0 Å². The third kappa shape index (κ3) is 1.63. The molecule has 0 spiro atoms. The number of hydrogen-bond acceptors (Lipinski definition) is 3. The van der Waals surface area contributed by atoms with Crippen molar-refractivity contribution in [2.45, 2.75) is 38.7 Å². The molecule has 7 saturated carbocycles. The quantitative estimate of drug-likeness (QED) is 0.402. The first-order valence-corrected chi connectivity index (χ1v) is 13.8. The summed E-state index contributed by atoms with van der Waals surface area (Å²) in [4.78, 5) is 0. The lowest BCUT2D eigenvalue weighted by Crippen LogP contribution is -2.49. The molecule has 0 radical (unpaired) electrons. The molecule has 16 unspecified atom stereocenters. The smallest absolute Gasteiger partial charge is 0.264 e. The van der Waals surface area contributed by atoms with E-state index in [0.29, 0.717) is 11.8 Å². The van der Waals surface area contributed by atoms with Gasteiger partial charge in [0.15, 0.2) is 0 Å². The summed E-state index contributed by atoms with van der Waals surface area (Å²) in [6.45, 7) is 2.29. The van der Waals surface area contributed by atoms with Crippen LogP contribution in [0.25, 0.3) is 0 Å². The molecule has 16 atom stereocenters. The van der Waals surface area contributed by atoms with Gasteiger partial charge in [0.05, 0.1) is 12.4 Å². The molecule has 8 bridgehead atoms. The van der Waals surface area contributed by atoms with E-state index < -0.39 is 10.1 Å². The van der Waals surface area contributed by atoms with E-state index in [4.69, 9.17) is 4.18 Å². The van der Waals surface area contributed by atoms with Crippen LogP contribution in [0.4, 0.5) is 0 Å². The molecule has 0 amide bonds. The average molecular weight is 401 g/mol. The lowest BCUT2D eigenvalue weighted by atomic mass is 9.54. The van der Waals surface area contributed by atoms with Gasteiger partial charge in [0.1, 0.15) is 0 Å². The number of rotatable bonds is 2. The summed E-state index contributed by atoms with van der Waals surface area (Å²) >= 11 is 0. The molecule has 8 aliphatic carbocycles. The van der Waals surface area contributed by atoms with E-state index >= 15 is 0 Å². The van der Waals surface area contributed by atoms with E-state index in [1.807, 2.05) is 0 Å². The van der Waals surface area contributed by atoms with Gasteiger partial charge >= 0.3 is 0 Å². The molecule has 0 N–H and O–H groups in total. The van der Waals surface area contributed by atoms with Gasteiger partial charge in [-0.3, -0.25) is 4.18 Å². The van der Waals surface area contributed by atoms with Crippen molar-refractivity contribution in [2.24, 2.45) is 88.8 Å². The van der Waals surface area contributed by atoms with Crippen molar-refractivity contribution in [3.63, 3.8) is 0 Å². The van der Waals surface area contributed by atoms with Crippen LogP contribution in [0.2, 0.25) is 0 Å². The summed E-state index contributed by atoms with van der Waals surface area (Å²) in [5, 5.41) is 0. The lowest BCUT2D eigenvalue weighted by Gasteiger charge is -2.51. The Balaban J connectivity index is 1.16. The van der Waals surface area contributed by atoms with Gasteiger partial charge in [0.25, 0.3) is 10.1 Å². The summed E-state index contributed by atoms with van der Waals surface area (Å²) in [6, 6.07) is 0. The van der Waals surface area contributed by atoms with Gasteiger partial charge in [-0.25, -0.2) is 0 Å². The molecular weight excluding hydrogens is 368 g/mol. The van der Waals surface area contributed by atoms with E-state index in [1.165, 1.54) is 25.5 Å². The number of hydrogen-bond donors (Lipinski definition) is 0. The molecule has 28 heavy (non-hydrogen) atoms. The van der Waals surface area contributed by atoms with E-state index in [-0.39, 0.29) is 6.10 Å². The Morgan fingerprint density at radius 1 is 0.679 bits per heavy atom. The average Bonchev–Trinajstić information content (AvgIpc) is 3.43. The fourth-order valence-electron chi connectivity index (χ4n) is 12.1. The van der Waals surface area contributed by atoms with E-state index in [2.05, 4.69) is 19.1 Å². The normalized spacial score (nSPS) is 68.8. The summed E-state index contributed by atoms with van der Waals surface area (Å²) in [6.07, 6.45) is 12.1. The SMILES string of the molecule is CC1C2CC(C1OS(C)(=O)=O)C1C3CC(C21)C1C2CC(C4C5C=CC(C5)C24)C31. The molecule has 152 valence electrons. The van der Waals surface area contributed by atoms with Crippen LogP contribution < -0.4 is 0 Å². The molecule has 0 aliphatic heterocycles. The molecular formula is C24H32O3S. The first-order chi connectivity index (χ1) is 13.4. The second-order valence-corrected chi connectivity index (χ2v) is 13.8. The third-order valence-corrected chi connectivity index (χ3v) is 12.5. The van der Waals surface area contributed by atoms with Crippen LogP contribution in [0.3, 0.4) is 0 Å². The van der Waals surface area contributed by atoms with Crippen LogP contribution in [-0.4, -0.2) is 20.8 Å². The maximum atomic E-state index is 11.9. The van der Waals surface area contributed by atoms with E-state index in [1.54, 1.807) is 6.42 Å². The van der Waals surface area contributed by atoms with Crippen LogP contribution in [0.1, 0.15) is 32.6 Å². The Morgan fingerprint density at radius 2 is 1.14 bits per heavy atom. The van der Waals surface area contributed by atoms with Crippen LogP contribution in [0, 0.1) is 88.8 Å². The van der Waals surface area contributed by atoms with Gasteiger partial charge < -0.3 is 0 Å². The van der Waals surface area contributed by atoms with Crippen LogP contribution >= 0.6 is 0 Å². The van der Waals surface area contributed by atoms with Gasteiger partial charge in [-0.1, -0.05) is 19.1 Å². The minimum absolute atomic E-state index is 0.0317. The highest BCUT2D eigenvalue weighted by Crippen LogP contribution is 2.81. The molecule has 0 heterocycles. The summed E-state index contributed by atoms with van der Waals surface area (Å²) in [5.41, 5.74) is 0. The highest BCUT2D eigenvalue weighted by Gasteiger charge is 2.76. The van der Waals surface area contributed by atoms with Gasteiger partial charge in [0, 0.05) is 0 Å². The van der Waals surface area contributed by atoms with Crippen molar-refractivity contribution in [1.82, 2.24) is 0 Å². The van der Waals surface area contributed by atoms with Crippen molar-refractivity contribution >= 4 is 10.1 Å². The molecule has 3 nitrogen and oxygen atoms in total. The Labute approximate surface area is 168 Å². The van der Waals surface area contributed by atoms with Crippen molar-refractivity contribution in [2.75, 3.05) is 6.26 Å². The minimum atomic E-state index is -3.36. The van der Waals surface area contributed by atoms with Gasteiger partial charge in [-0.2, -0.15) is 8.42 Å². The lowest BCUT2D eigenvalue weighted by molar-refractivity contribution is -0.0564. The van der Waals surface area contributed by atoms with Crippen LogP contribution in [-0.2, 0) is 14.3 Å². The minimum Gasteiger partial charge on any atom is -0.266 e. The van der Waals surface area contributed by atoms with Crippen molar-refractivity contribution < 1.29 is 12.6 Å². The Kier molecular flexibility index (Phi) is 2.78. The van der Waals surface area contributed by atoms with Crippen LogP contribution in [0.5, 0.6) is 0 Å². The zero-order valence-electron chi connectivity index (χ0n) is 16.9. The van der Waals surface area contributed by atoms with Gasteiger partial charge in [0.2, 0.25) is 0 Å². The zero-order valence-corrected chi connectivity index (χ0v) is 17.7. The highest BCUT2D eigenvalue weighted by atomic mass is 32.2. The molecule has 7 fully saturated rings. The third-order valence-electron chi connectivity index (χ3n) is 12.0. The number of fused-ring (bicyclic) bond motifs is 23. The largest absolute Gasteiger partial charge is 0.266 e. The molecule has 0 aromatic rings. The number of allylic oxidation sites excluding steroid dienone is 2. The Bertz CT molecular complexity index is 894. The maximum Gasteiger partial charge on any atom is 0.264 e. The van der Waals surface area contributed by atoms with E-state index in [0.717, 1.165) is 76.9 Å². The Hall–Kier alpha value is -0.350. The predicted octanol–water partition coefficient (Wildman–Crippen LogP) is 3.82. The Morgan fingerprint density at radius 3 is 1.71 bits per heavy atom. The molecule has 0 aromatic carbocycles. The summed E-state index contributed by atoms with van der Waals surface area (Å²) < 4.78 is 29.5. The summed E-state index contributed by atoms with van der Waals surface area (Å²) in [7, 11) is -3.36. The fraction of sp³-hybridized carbons (Fsp3) is 0.917. The maximum absolute atomic E-state index is 11.9. The molecule has 4 heteroatoms. The fourth-order valence-corrected chi connectivity index (χ4v) is 12.8. The highest BCUT2D eigenvalue weighted by molar-refractivity contribution is 7.86. The van der Waals surface area contributed by atoms with Gasteiger partial charge in [-0.05, 0) is 114 Å². The predicted molar refractivity (Wildman–Crippen MR) is 105 cm³/mol. The molecule has 0 saturated heterocycles. The zero-order chi connectivity index (χ0) is 18.7.